The van der Waals surface area contributed by atoms with Crippen LogP contribution in [-0.4, -0.2) is 25.0 Å². The number of halogens is 4. The van der Waals surface area contributed by atoms with E-state index in [-0.39, 0.29) is 11.1 Å². The predicted octanol–water partition coefficient (Wildman–Crippen LogP) is 2.54. The van der Waals surface area contributed by atoms with E-state index < -0.39 is 33.2 Å². The molecule has 5 nitrogen and oxygen atoms in total. The largest absolute Gasteiger partial charge is 0.534 e. The van der Waals surface area contributed by atoms with Gasteiger partial charge in [0.2, 0.25) is 0 Å². The van der Waals surface area contributed by atoms with Crippen molar-refractivity contribution in [3.8, 4) is 5.75 Å². The molecule has 116 valence electrons. The zero-order valence-corrected chi connectivity index (χ0v) is 11.1. The van der Waals surface area contributed by atoms with Crippen LogP contribution >= 0.6 is 0 Å². The number of alkyl halides is 3. The van der Waals surface area contributed by atoms with Crippen molar-refractivity contribution in [2.75, 3.05) is 0 Å². The lowest BCUT2D eigenvalue weighted by molar-refractivity contribution is -0.132. The van der Waals surface area contributed by atoms with Crippen LogP contribution in [-0.2, 0) is 14.9 Å². The number of rotatable bonds is 4. The van der Waals surface area contributed by atoms with Gasteiger partial charge in [0.25, 0.3) is 0 Å². The second-order valence-electron chi connectivity index (χ2n) is 3.81. The molecule has 0 radical (unpaired) electrons. The first-order valence-electron chi connectivity index (χ1n) is 5.16. The molecule has 1 aromatic rings. The highest BCUT2D eigenvalue weighted by atomic mass is 32.2. The summed E-state index contributed by atoms with van der Waals surface area (Å²) in [6, 6.07) is 2.31. The van der Waals surface area contributed by atoms with E-state index in [1.807, 2.05) is 0 Å². The average Bonchev–Trinajstić information content (AvgIpc) is 2.30. The number of carboxylic acid groups (broad SMARTS) is 1. The van der Waals surface area contributed by atoms with E-state index in [2.05, 4.69) is 4.18 Å². The zero-order chi connectivity index (χ0) is 16.4. The first-order valence-corrected chi connectivity index (χ1v) is 6.57. The van der Waals surface area contributed by atoms with Crippen molar-refractivity contribution >= 4 is 22.2 Å². The quantitative estimate of drug-likeness (QED) is 0.398. The molecule has 21 heavy (non-hydrogen) atoms. The van der Waals surface area contributed by atoms with Gasteiger partial charge in [-0.05, 0) is 30.7 Å². The first-order chi connectivity index (χ1) is 9.44. The average molecular weight is 328 g/mol. The zero-order valence-electron chi connectivity index (χ0n) is 10.3. The Hall–Kier alpha value is -2.10. The van der Waals surface area contributed by atoms with Gasteiger partial charge in [-0.1, -0.05) is 6.07 Å². The van der Waals surface area contributed by atoms with Crippen molar-refractivity contribution in [1.29, 1.82) is 0 Å². The van der Waals surface area contributed by atoms with Gasteiger partial charge in [0.15, 0.2) is 11.6 Å². The minimum atomic E-state index is -5.97. The Labute approximate surface area is 116 Å². The first kappa shape index (κ1) is 17.0. The van der Waals surface area contributed by atoms with Crippen molar-refractivity contribution in [1.82, 2.24) is 0 Å². The maximum atomic E-state index is 13.5. The lowest BCUT2D eigenvalue weighted by atomic mass is 10.1. The molecule has 0 aliphatic rings. The van der Waals surface area contributed by atoms with Crippen molar-refractivity contribution in [3.63, 3.8) is 0 Å². The number of hydrogen-bond acceptors (Lipinski definition) is 4. The number of benzene rings is 1. The normalized spacial score (nSPS) is 13.1. The van der Waals surface area contributed by atoms with Gasteiger partial charge in [0.1, 0.15) is 0 Å². The molecule has 0 saturated heterocycles. The van der Waals surface area contributed by atoms with E-state index in [9.17, 15) is 30.8 Å². The molecule has 0 bridgehead atoms. The molecule has 0 aliphatic heterocycles. The fraction of sp³-hybridized carbons (Fsp3) is 0.182. The lowest BCUT2D eigenvalue weighted by Crippen LogP contribution is -2.28. The maximum absolute atomic E-state index is 13.5. The van der Waals surface area contributed by atoms with Gasteiger partial charge in [-0.15, -0.1) is 0 Å². The highest BCUT2D eigenvalue weighted by molar-refractivity contribution is 7.88. The number of carboxylic acids is 1. The summed E-state index contributed by atoms with van der Waals surface area (Å²) >= 11 is 0. The van der Waals surface area contributed by atoms with Gasteiger partial charge in [-0.3, -0.25) is 0 Å². The Morgan fingerprint density at radius 2 is 1.90 bits per heavy atom. The van der Waals surface area contributed by atoms with Crippen molar-refractivity contribution in [2.45, 2.75) is 12.4 Å². The Morgan fingerprint density at radius 1 is 1.33 bits per heavy atom. The SMILES string of the molecule is C/C(=C\c1ccc(OS(=O)(=O)C(F)(F)F)c(F)c1)C(=O)O. The van der Waals surface area contributed by atoms with Crippen LogP contribution in [0.25, 0.3) is 6.08 Å². The lowest BCUT2D eigenvalue weighted by Gasteiger charge is -2.10. The minimum absolute atomic E-state index is 0.0177. The van der Waals surface area contributed by atoms with Gasteiger partial charge in [0.05, 0.1) is 0 Å². The van der Waals surface area contributed by atoms with Crippen LogP contribution in [0, 0.1) is 5.82 Å². The van der Waals surface area contributed by atoms with Gasteiger partial charge < -0.3 is 9.29 Å². The summed E-state index contributed by atoms with van der Waals surface area (Å²) in [7, 11) is -5.97. The Bertz CT molecular complexity index is 691. The Balaban J connectivity index is 3.11. The van der Waals surface area contributed by atoms with E-state index in [0.717, 1.165) is 12.1 Å². The van der Waals surface area contributed by atoms with E-state index in [1.165, 1.54) is 6.92 Å². The number of aliphatic carboxylic acids is 1. The Morgan fingerprint density at radius 3 is 2.33 bits per heavy atom. The second kappa shape index (κ2) is 5.72. The third kappa shape index (κ3) is 4.18. The maximum Gasteiger partial charge on any atom is 0.534 e. The van der Waals surface area contributed by atoms with Crippen LogP contribution < -0.4 is 4.18 Å². The van der Waals surface area contributed by atoms with E-state index >= 15 is 0 Å². The molecular formula is C11H8F4O5S. The third-order valence-corrected chi connectivity index (χ3v) is 3.13. The Kier molecular flexibility index (Phi) is 4.62. The highest BCUT2D eigenvalue weighted by Gasteiger charge is 2.48. The number of hydrogen-bond donors (Lipinski definition) is 1. The van der Waals surface area contributed by atoms with Crippen molar-refractivity contribution in [2.24, 2.45) is 0 Å². The predicted molar refractivity (Wildman–Crippen MR) is 63.3 cm³/mol. The van der Waals surface area contributed by atoms with Gasteiger partial charge in [-0.2, -0.15) is 21.6 Å². The molecule has 1 aromatic carbocycles. The molecule has 0 atom stereocenters. The molecule has 1 rings (SSSR count). The van der Waals surface area contributed by atoms with Crippen LogP contribution in [0.3, 0.4) is 0 Å². The molecule has 0 heterocycles. The molecular weight excluding hydrogens is 320 g/mol. The van der Waals surface area contributed by atoms with Crippen LogP contribution in [0.4, 0.5) is 17.6 Å². The van der Waals surface area contributed by atoms with Gasteiger partial charge >= 0.3 is 21.6 Å². The standard InChI is InChI=1S/C11H8F4O5S/c1-6(10(16)17)4-7-2-3-9(8(12)5-7)20-21(18,19)11(13,14)15/h2-5H,1H3,(H,16,17)/b6-4+. The molecule has 0 aromatic heterocycles. The molecule has 1 N–H and O–H groups in total. The van der Waals surface area contributed by atoms with Crippen LogP contribution in [0.15, 0.2) is 23.8 Å². The van der Waals surface area contributed by atoms with E-state index in [4.69, 9.17) is 5.11 Å². The van der Waals surface area contributed by atoms with Crippen molar-refractivity contribution in [3.05, 3.63) is 35.2 Å². The van der Waals surface area contributed by atoms with E-state index in [0.29, 0.717) is 12.1 Å². The molecule has 0 aliphatic carbocycles. The third-order valence-electron chi connectivity index (χ3n) is 2.16. The molecule has 0 amide bonds. The van der Waals surface area contributed by atoms with Gasteiger partial charge in [0, 0.05) is 5.57 Å². The van der Waals surface area contributed by atoms with Crippen molar-refractivity contribution < 1.29 is 40.1 Å². The molecule has 0 unspecified atom stereocenters. The summed E-state index contributed by atoms with van der Waals surface area (Å²) in [5, 5.41) is 8.62. The molecule has 10 heteroatoms. The second-order valence-corrected chi connectivity index (χ2v) is 5.34. The molecule has 0 saturated carbocycles. The topological polar surface area (TPSA) is 80.7 Å². The summed E-state index contributed by atoms with van der Waals surface area (Å²) in [5.74, 6) is -3.79. The number of carbonyl (C=O) groups is 1. The van der Waals surface area contributed by atoms with Gasteiger partial charge in [-0.25, -0.2) is 9.18 Å². The van der Waals surface area contributed by atoms with Crippen LogP contribution in [0.2, 0.25) is 0 Å². The van der Waals surface area contributed by atoms with Crippen LogP contribution in [0.5, 0.6) is 5.75 Å². The van der Waals surface area contributed by atoms with Crippen LogP contribution in [0.1, 0.15) is 12.5 Å². The smallest absolute Gasteiger partial charge is 0.478 e. The fourth-order valence-corrected chi connectivity index (χ4v) is 1.62. The summed E-state index contributed by atoms with van der Waals surface area (Å²) in [6.07, 6.45) is 1.05. The highest BCUT2D eigenvalue weighted by Crippen LogP contribution is 2.29. The summed E-state index contributed by atoms with van der Waals surface area (Å²) in [4.78, 5) is 10.6. The van der Waals surface area contributed by atoms with E-state index in [1.54, 1.807) is 0 Å². The summed E-state index contributed by atoms with van der Waals surface area (Å²) in [5.41, 5.74) is -5.81. The minimum Gasteiger partial charge on any atom is -0.478 e. The summed E-state index contributed by atoms with van der Waals surface area (Å²) < 4.78 is 74.8. The fourth-order valence-electron chi connectivity index (χ4n) is 1.15. The summed E-state index contributed by atoms with van der Waals surface area (Å²) in [6.45, 7) is 1.22. The molecule has 0 fully saturated rings. The molecule has 0 spiro atoms. The monoisotopic (exact) mass is 328 g/mol.